The van der Waals surface area contributed by atoms with Gasteiger partial charge >= 0.3 is 0 Å². The third-order valence-corrected chi connectivity index (χ3v) is 3.75. The average Bonchev–Trinajstić information content (AvgIpc) is 2.40. The lowest BCUT2D eigenvalue weighted by Gasteiger charge is -2.25. The Morgan fingerprint density at radius 2 is 2.25 bits per heavy atom. The van der Waals surface area contributed by atoms with Crippen molar-refractivity contribution < 1.29 is 0 Å². The van der Waals surface area contributed by atoms with Crippen LogP contribution in [0.2, 0.25) is 0 Å². The monoisotopic (exact) mass is 256 g/mol. The molecule has 1 aliphatic heterocycles. The number of nitrogens with zero attached hydrogens (tertiary/aromatic N) is 2. The van der Waals surface area contributed by atoms with Crippen molar-refractivity contribution in [1.82, 2.24) is 20.6 Å². The fourth-order valence-electron chi connectivity index (χ4n) is 1.56. The summed E-state index contributed by atoms with van der Waals surface area (Å²) in [5.41, 5.74) is 1.00. The van der Waals surface area contributed by atoms with E-state index in [1.807, 2.05) is 13.0 Å². The summed E-state index contributed by atoms with van der Waals surface area (Å²) < 4.78 is -0.489. The van der Waals surface area contributed by atoms with Gasteiger partial charge in [-0.05, 0) is 38.6 Å². The number of thiol groups is 1. The van der Waals surface area contributed by atoms with Crippen molar-refractivity contribution in [3.63, 3.8) is 0 Å². The number of rotatable bonds is 2. The lowest BCUT2D eigenvalue weighted by atomic mass is 10.1. The number of hydrogen-bond donors (Lipinski definition) is 3. The first-order valence-electron chi connectivity index (χ1n) is 5.14. The largest absolute Gasteiger partial charge is 0.280 e. The highest BCUT2D eigenvalue weighted by Crippen LogP contribution is 2.34. The van der Waals surface area contributed by atoms with Crippen LogP contribution >= 0.6 is 24.4 Å². The van der Waals surface area contributed by atoms with Crippen LogP contribution in [0.15, 0.2) is 17.4 Å². The number of hydrogen-bond acceptors (Lipinski definition) is 6. The Bertz CT molecular complexity index is 396. The molecule has 1 atom stereocenters. The first kappa shape index (κ1) is 12.2. The lowest BCUT2D eigenvalue weighted by Crippen LogP contribution is -2.45. The van der Waals surface area contributed by atoms with Crippen LogP contribution in [0, 0.1) is 6.92 Å². The first-order chi connectivity index (χ1) is 7.39. The first-order valence-corrected chi connectivity index (χ1v) is 6.40. The molecule has 2 rings (SSSR count). The molecule has 1 aromatic rings. The molecule has 0 radical (unpaired) electrons. The fourth-order valence-corrected chi connectivity index (χ4v) is 3.22. The number of nitrogens with one attached hydrogen (secondary N) is 2. The van der Waals surface area contributed by atoms with E-state index in [1.54, 1.807) is 6.20 Å². The minimum absolute atomic E-state index is 0.0403. The normalized spacial score (nSPS) is 28.2. The molecule has 0 aliphatic carbocycles. The Labute approximate surface area is 105 Å². The van der Waals surface area contributed by atoms with Crippen molar-refractivity contribution in [2.24, 2.45) is 0 Å². The second-order valence-electron chi connectivity index (χ2n) is 4.59. The van der Waals surface area contributed by atoms with Crippen LogP contribution in [0.5, 0.6) is 0 Å². The van der Waals surface area contributed by atoms with E-state index in [1.165, 1.54) is 11.8 Å². The maximum atomic E-state index is 4.60. The molecule has 1 aromatic heterocycles. The smallest absolute Gasteiger partial charge is 0.191 e. The molecule has 1 fully saturated rings. The van der Waals surface area contributed by atoms with Gasteiger partial charge in [-0.2, -0.15) is 0 Å². The van der Waals surface area contributed by atoms with Crippen molar-refractivity contribution in [3.8, 4) is 0 Å². The van der Waals surface area contributed by atoms with E-state index in [-0.39, 0.29) is 5.54 Å². The summed E-state index contributed by atoms with van der Waals surface area (Å²) in [7, 11) is 0. The molecule has 88 valence electrons. The predicted octanol–water partition coefficient (Wildman–Crippen LogP) is 1.39. The molecule has 0 amide bonds. The van der Waals surface area contributed by atoms with Crippen molar-refractivity contribution in [2.75, 3.05) is 6.54 Å². The molecule has 0 saturated carbocycles. The van der Waals surface area contributed by atoms with Gasteiger partial charge in [-0.25, -0.2) is 9.97 Å². The van der Waals surface area contributed by atoms with Crippen molar-refractivity contribution >= 4 is 24.4 Å². The molecule has 16 heavy (non-hydrogen) atoms. The third-order valence-electron chi connectivity index (χ3n) is 2.29. The summed E-state index contributed by atoms with van der Waals surface area (Å²) in [6, 6.07) is 1.88. The van der Waals surface area contributed by atoms with Gasteiger partial charge in [0.15, 0.2) is 9.48 Å². The maximum Gasteiger partial charge on any atom is 0.191 e. The SMILES string of the molecule is Cc1ccnc(SC2(S)NCC(C)(C)N2)n1. The highest BCUT2D eigenvalue weighted by atomic mass is 32.2. The van der Waals surface area contributed by atoms with E-state index in [4.69, 9.17) is 0 Å². The maximum absolute atomic E-state index is 4.60. The molecule has 0 bridgehead atoms. The Balaban J connectivity index is 2.10. The van der Waals surface area contributed by atoms with E-state index in [9.17, 15) is 0 Å². The number of aryl methyl sites for hydroxylation is 1. The van der Waals surface area contributed by atoms with Gasteiger partial charge in [0.1, 0.15) is 0 Å². The Morgan fingerprint density at radius 3 is 2.81 bits per heavy atom. The predicted molar refractivity (Wildman–Crippen MR) is 69.6 cm³/mol. The van der Waals surface area contributed by atoms with Crippen LogP contribution in [-0.4, -0.2) is 26.4 Å². The zero-order chi connectivity index (χ0) is 11.8. The molecule has 1 unspecified atom stereocenters. The molecule has 2 N–H and O–H groups in total. The van der Waals surface area contributed by atoms with Gasteiger partial charge in [-0.3, -0.25) is 10.6 Å². The molecule has 0 spiro atoms. The molecule has 0 aromatic carbocycles. The van der Waals surface area contributed by atoms with Crippen molar-refractivity contribution in [2.45, 2.75) is 35.8 Å². The average molecular weight is 256 g/mol. The quantitative estimate of drug-likeness (QED) is 0.424. The summed E-state index contributed by atoms with van der Waals surface area (Å²) in [5, 5.41) is 7.47. The molecular weight excluding hydrogens is 240 g/mol. The van der Waals surface area contributed by atoms with Crippen LogP contribution in [-0.2, 0) is 0 Å². The summed E-state index contributed by atoms with van der Waals surface area (Å²) in [6.07, 6.45) is 1.77. The van der Waals surface area contributed by atoms with Crippen molar-refractivity contribution in [3.05, 3.63) is 18.0 Å². The highest BCUT2D eigenvalue weighted by Gasteiger charge is 2.40. The molecule has 4 nitrogen and oxygen atoms in total. The lowest BCUT2D eigenvalue weighted by molar-refractivity contribution is 0.472. The number of aromatic nitrogens is 2. The Hall–Kier alpha value is -0.300. The highest BCUT2D eigenvalue weighted by molar-refractivity contribution is 8.11. The zero-order valence-corrected chi connectivity index (χ0v) is 11.3. The summed E-state index contributed by atoms with van der Waals surface area (Å²) in [4.78, 5) is 8.57. The fraction of sp³-hybridized carbons (Fsp3) is 0.600. The van der Waals surface area contributed by atoms with E-state index < -0.39 is 4.33 Å². The topological polar surface area (TPSA) is 49.8 Å². The Morgan fingerprint density at radius 1 is 1.50 bits per heavy atom. The minimum Gasteiger partial charge on any atom is -0.280 e. The van der Waals surface area contributed by atoms with Gasteiger partial charge in [0.2, 0.25) is 0 Å². The molecular formula is C10H16N4S2. The van der Waals surface area contributed by atoms with Crippen LogP contribution in [0.3, 0.4) is 0 Å². The summed E-state index contributed by atoms with van der Waals surface area (Å²) in [6.45, 7) is 7.09. The van der Waals surface area contributed by atoms with Gasteiger partial charge in [-0.15, -0.1) is 12.6 Å². The van der Waals surface area contributed by atoms with Crippen LogP contribution < -0.4 is 10.6 Å². The van der Waals surface area contributed by atoms with Gasteiger partial charge in [0.05, 0.1) is 0 Å². The third kappa shape index (κ3) is 2.88. The van der Waals surface area contributed by atoms with Crippen LogP contribution in [0.1, 0.15) is 19.5 Å². The van der Waals surface area contributed by atoms with E-state index >= 15 is 0 Å². The molecule has 1 saturated heterocycles. The second-order valence-corrected chi connectivity index (χ2v) is 6.74. The number of thioether (sulfide) groups is 1. The van der Waals surface area contributed by atoms with Gasteiger partial charge in [0.25, 0.3) is 0 Å². The molecule has 6 heteroatoms. The second kappa shape index (κ2) is 4.18. The van der Waals surface area contributed by atoms with Gasteiger partial charge in [0, 0.05) is 24.0 Å². The standard InChI is InChI=1S/C10H16N4S2/c1-7-4-5-11-8(13-7)16-10(15)12-6-9(2,3)14-10/h4-5,12,14-15H,6H2,1-3H3. The summed E-state index contributed by atoms with van der Waals surface area (Å²) >= 11 is 6.09. The zero-order valence-electron chi connectivity index (χ0n) is 9.61. The Kier molecular flexibility index (Phi) is 3.18. The minimum atomic E-state index is -0.489. The molecule has 1 aliphatic rings. The van der Waals surface area contributed by atoms with Crippen LogP contribution in [0.25, 0.3) is 0 Å². The van der Waals surface area contributed by atoms with E-state index in [0.717, 1.165) is 17.4 Å². The van der Waals surface area contributed by atoms with Gasteiger partial charge < -0.3 is 0 Å². The summed E-state index contributed by atoms with van der Waals surface area (Å²) in [5.74, 6) is 0. The van der Waals surface area contributed by atoms with Gasteiger partial charge in [-0.1, -0.05) is 0 Å². The van der Waals surface area contributed by atoms with Crippen molar-refractivity contribution in [1.29, 1.82) is 0 Å². The molecule has 2 heterocycles. The van der Waals surface area contributed by atoms with Crippen LogP contribution in [0.4, 0.5) is 0 Å². The van der Waals surface area contributed by atoms with E-state index in [2.05, 4.69) is 47.1 Å². The van der Waals surface area contributed by atoms with E-state index in [0.29, 0.717) is 0 Å².